The monoisotopic (exact) mass is 166 g/mol. The summed E-state index contributed by atoms with van der Waals surface area (Å²) >= 11 is 0. The number of Topliss-reactive ketones (excluding diaryl/α,β-unsaturated/α-hetero) is 1. The molecule has 0 aliphatic heterocycles. The Kier molecular flexibility index (Phi) is 2.20. The Morgan fingerprint density at radius 3 is 2.00 bits per heavy atom. The first-order valence-electron chi connectivity index (χ1n) is 5.28. The van der Waals surface area contributed by atoms with Gasteiger partial charge in [0.1, 0.15) is 5.78 Å². The molecule has 0 aromatic rings. The van der Waals surface area contributed by atoms with Crippen molar-refractivity contribution in [3.05, 3.63) is 0 Å². The second-order valence-electron chi connectivity index (χ2n) is 4.58. The third-order valence-corrected chi connectivity index (χ3v) is 3.82. The molecular weight excluding hydrogens is 148 g/mol. The van der Waals surface area contributed by atoms with Gasteiger partial charge in [-0.2, -0.15) is 0 Å². The van der Waals surface area contributed by atoms with Crippen LogP contribution in [0, 0.1) is 17.8 Å². The molecule has 68 valence electrons. The predicted molar refractivity (Wildman–Crippen MR) is 48.9 cm³/mol. The summed E-state index contributed by atoms with van der Waals surface area (Å²) < 4.78 is 0. The van der Waals surface area contributed by atoms with Crippen LogP contribution in [-0.4, -0.2) is 5.78 Å². The van der Waals surface area contributed by atoms with Gasteiger partial charge in [0.15, 0.2) is 0 Å². The van der Waals surface area contributed by atoms with E-state index in [-0.39, 0.29) is 0 Å². The lowest BCUT2D eigenvalue weighted by Gasteiger charge is -2.24. The standard InChI is InChI=1S/C11H18O/c1-8(12)11-6-9-4-2-3-5-10(9)7-11/h9-11H,2-7H2,1H3. The second-order valence-corrected chi connectivity index (χ2v) is 4.58. The van der Waals surface area contributed by atoms with Gasteiger partial charge in [-0.25, -0.2) is 0 Å². The highest BCUT2D eigenvalue weighted by Gasteiger charge is 2.37. The van der Waals surface area contributed by atoms with Crippen molar-refractivity contribution in [1.29, 1.82) is 0 Å². The van der Waals surface area contributed by atoms with Gasteiger partial charge in [0.25, 0.3) is 0 Å². The van der Waals surface area contributed by atoms with E-state index in [1.54, 1.807) is 6.92 Å². The smallest absolute Gasteiger partial charge is 0.132 e. The van der Waals surface area contributed by atoms with Crippen molar-refractivity contribution >= 4 is 5.78 Å². The molecule has 2 saturated carbocycles. The van der Waals surface area contributed by atoms with Crippen molar-refractivity contribution in [3.63, 3.8) is 0 Å². The van der Waals surface area contributed by atoms with E-state index in [9.17, 15) is 4.79 Å². The van der Waals surface area contributed by atoms with Gasteiger partial charge in [-0.05, 0) is 31.6 Å². The first-order valence-corrected chi connectivity index (χ1v) is 5.28. The van der Waals surface area contributed by atoms with Crippen LogP contribution in [-0.2, 0) is 4.79 Å². The van der Waals surface area contributed by atoms with Crippen LogP contribution >= 0.6 is 0 Å². The minimum absolute atomic E-state index is 0.429. The van der Waals surface area contributed by atoms with Crippen LogP contribution in [0.1, 0.15) is 45.4 Å². The largest absolute Gasteiger partial charge is 0.300 e. The summed E-state index contributed by atoms with van der Waals surface area (Å²) in [4.78, 5) is 11.2. The molecule has 2 unspecified atom stereocenters. The number of carbonyl (C=O) groups excluding carboxylic acids is 1. The molecule has 0 bridgehead atoms. The molecule has 1 nitrogen and oxygen atoms in total. The molecule has 1 heteroatoms. The van der Waals surface area contributed by atoms with Gasteiger partial charge in [0, 0.05) is 5.92 Å². The maximum absolute atomic E-state index is 11.2. The summed E-state index contributed by atoms with van der Waals surface area (Å²) in [6, 6.07) is 0. The highest BCUT2D eigenvalue weighted by Crippen LogP contribution is 2.45. The molecule has 2 aliphatic rings. The van der Waals surface area contributed by atoms with Gasteiger partial charge in [-0.15, -0.1) is 0 Å². The molecule has 0 spiro atoms. The van der Waals surface area contributed by atoms with Gasteiger partial charge in [-0.3, -0.25) is 4.79 Å². The summed E-state index contributed by atoms with van der Waals surface area (Å²) in [7, 11) is 0. The Balaban J connectivity index is 1.98. The zero-order valence-electron chi connectivity index (χ0n) is 7.88. The highest BCUT2D eigenvalue weighted by molar-refractivity contribution is 5.78. The molecule has 0 saturated heterocycles. The number of carbonyl (C=O) groups is 1. The van der Waals surface area contributed by atoms with E-state index in [0.717, 1.165) is 11.8 Å². The molecule has 2 rings (SSSR count). The van der Waals surface area contributed by atoms with E-state index < -0.39 is 0 Å². The molecule has 0 aromatic carbocycles. The van der Waals surface area contributed by atoms with Crippen LogP contribution in [0.4, 0.5) is 0 Å². The zero-order valence-corrected chi connectivity index (χ0v) is 7.88. The van der Waals surface area contributed by atoms with Crippen LogP contribution < -0.4 is 0 Å². The minimum Gasteiger partial charge on any atom is -0.300 e. The Labute approximate surface area is 74.5 Å². The maximum Gasteiger partial charge on any atom is 0.132 e. The number of fused-ring (bicyclic) bond motifs is 1. The molecule has 2 aliphatic carbocycles. The second kappa shape index (κ2) is 3.20. The topological polar surface area (TPSA) is 17.1 Å². The predicted octanol–water partition coefficient (Wildman–Crippen LogP) is 2.79. The summed E-state index contributed by atoms with van der Waals surface area (Å²) in [5.74, 6) is 2.68. The van der Waals surface area contributed by atoms with Crippen molar-refractivity contribution in [2.24, 2.45) is 17.8 Å². The van der Waals surface area contributed by atoms with Crippen LogP contribution in [0.3, 0.4) is 0 Å². The summed E-state index contributed by atoms with van der Waals surface area (Å²) in [5.41, 5.74) is 0. The van der Waals surface area contributed by atoms with Gasteiger partial charge < -0.3 is 0 Å². The Morgan fingerprint density at radius 1 is 1.08 bits per heavy atom. The average Bonchev–Trinajstić information content (AvgIpc) is 2.46. The van der Waals surface area contributed by atoms with Gasteiger partial charge in [0.05, 0.1) is 0 Å². The van der Waals surface area contributed by atoms with Crippen molar-refractivity contribution in [3.8, 4) is 0 Å². The van der Waals surface area contributed by atoms with E-state index >= 15 is 0 Å². The van der Waals surface area contributed by atoms with Crippen LogP contribution in [0.15, 0.2) is 0 Å². The summed E-state index contributed by atoms with van der Waals surface area (Å²) in [6.07, 6.45) is 8.03. The number of rotatable bonds is 1. The van der Waals surface area contributed by atoms with E-state index in [4.69, 9.17) is 0 Å². The molecule has 12 heavy (non-hydrogen) atoms. The van der Waals surface area contributed by atoms with Gasteiger partial charge in [-0.1, -0.05) is 25.7 Å². The lowest BCUT2D eigenvalue weighted by molar-refractivity contribution is -0.120. The molecule has 0 aromatic heterocycles. The van der Waals surface area contributed by atoms with Crippen LogP contribution in [0.2, 0.25) is 0 Å². The molecule has 0 N–H and O–H groups in total. The van der Waals surface area contributed by atoms with Crippen molar-refractivity contribution < 1.29 is 4.79 Å². The third-order valence-electron chi connectivity index (χ3n) is 3.82. The Morgan fingerprint density at radius 2 is 1.58 bits per heavy atom. The summed E-state index contributed by atoms with van der Waals surface area (Å²) in [6.45, 7) is 1.77. The van der Waals surface area contributed by atoms with Crippen molar-refractivity contribution in [2.45, 2.75) is 45.4 Å². The van der Waals surface area contributed by atoms with Gasteiger partial charge >= 0.3 is 0 Å². The Bertz CT molecular complexity index is 171. The molecule has 0 amide bonds. The van der Waals surface area contributed by atoms with Crippen molar-refractivity contribution in [1.82, 2.24) is 0 Å². The fraction of sp³-hybridized carbons (Fsp3) is 0.909. The van der Waals surface area contributed by atoms with Crippen LogP contribution in [0.25, 0.3) is 0 Å². The number of hydrogen-bond acceptors (Lipinski definition) is 1. The fourth-order valence-electron chi connectivity index (χ4n) is 3.06. The maximum atomic E-state index is 11.2. The zero-order chi connectivity index (χ0) is 8.55. The van der Waals surface area contributed by atoms with Crippen molar-refractivity contribution in [2.75, 3.05) is 0 Å². The first kappa shape index (κ1) is 8.28. The average molecular weight is 166 g/mol. The normalized spacial score (nSPS) is 40.9. The highest BCUT2D eigenvalue weighted by atomic mass is 16.1. The van der Waals surface area contributed by atoms with E-state index in [1.165, 1.54) is 38.5 Å². The number of ketones is 1. The van der Waals surface area contributed by atoms with Gasteiger partial charge in [0.2, 0.25) is 0 Å². The molecule has 2 atom stereocenters. The third kappa shape index (κ3) is 1.41. The van der Waals surface area contributed by atoms with Crippen LogP contribution in [0.5, 0.6) is 0 Å². The van der Waals surface area contributed by atoms with E-state index in [1.807, 2.05) is 0 Å². The molecule has 0 radical (unpaired) electrons. The lowest BCUT2D eigenvalue weighted by Crippen LogP contribution is -2.12. The quantitative estimate of drug-likeness (QED) is 0.585. The van der Waals surface area contributed by atoms with E-state index in [0.29, 0.717) is 11.7 Å². The minimum atomic E-state index is 0.429. The lowest BCUT2D eigenvalue weighted by atomic mass is 9.82. The summed E-state index contributed by atoms with van der Waals surface area (Å²) in [5, 5.41) is 0. The first-order chi connectivity index (χ1) is 5.77. The number of hydrogen-bond donors (Lipinski definition) is 0. The van der Waals surface area contributed by atoms with E-state index in [2.05, 4.69) is 0 Å². The molecular formula is C11H18O. The Hall–Kier alpha value is -0.330. The SMILES string of the molecule is CC(=O)C1CC2CCCCC2C1. The molecule has 0 heterocycles. The molecule has 2 fully saturated rings. The fourth-order valence-corrected chi connectivity index (χ4v) is 3.06.